The molecule has 6 heteroatoms. The van der Waals surface area contributed by atoms with Crippen molar-refractivity contribution in [2.75, 3.05) is 19.9 Å². The largest absolute Gasteiger partial charge is 0.390 e. The molecule has 0 aromatic rings. The summed E-state index contributed by atoms with van der Waals surface area (Å²) >= 11 is 0. The highest BCUT2D eigenvalue weighted by Gasteiger charge is 2.39. The topological polar surface area (TPSA) is 66.8 Å². The molecule has 1 unspecified atom stereocenters. The van der Waals surface area contributed by atoms with Crippen LogP contribution in [-0.2, 0) is 14.8 Å². The Morgan fingerprint density at radius 2 is 1.65 bits per heavy atom. The van der Waals surface area contributed by atoms with Crippen molar-refractivity contribution in [1.82, 2.24) is 4.31 Å². The summed E-state index contributed by atoms with van der Waals surface area (Å²) < 4.78 is 30.7. The molecule has 0 bridgehead atoms. The summed E-state index contributed by atoms with van der Waals surface area (Å²) in [5.74, 6) is 0. The molecule has 0 amide bonds. The molecule has 1 atom stereocenters. The molecule has 0 aromatic carbocycles. The Balaban J connectivity index is 5.29. The van der Waals surface area contributed by atoms with Crippen LogP contribution in [0.3, 0.4) is 0 Å². The zero-order chi connectivity index (χ0) is 16.4. The molecule has 0 aliphatic heterocycles. The van der Waals surface area contributed by atoms with Crippen molar-refractivity contribution in [3.63, 3.8) is 0 Å². The van der Waals surface area contributed by atoms with Crippen LogP contribution in [0.2, 0.25) is 0 Å². The Labute approximate surface area is 124 Å². The summed E-state index contributed by atoms with van der Waals surface area (Å²) in [5, 5.41) is 10.1. The maximum atomic E-state index is 11.8. The van der Waals surface area contributed by atoms with Gasteiger partial charge in [0.2, 0.25) is 10.0 Å². The lowest BCUT2D eigenvalue weighted by Crippen LogP contribution is -2.51. The van der Waals surface area contributed by atoms with Gasteiger partial charge in [0, 0.05) is 7.05 Å². The number of hydrogen-bond acceptors (Lipinski definition) is 4. The number of ether oxygens (including phenoxy) is 1. The van der Waals surface area contributed by atoms with E-state index in [0.29, 0.717) is 13.0 Å². The average molecular weight is 309 g/mol. The van der Waals surface area contributed by atoms with Crippen LogP contribution in [0.15, 0.2) is 0 Å². The first-order valence-corrected chi connectivity index (χ1v) is 8.78. The van der Waals surface area contributed by atoms with E-state index in [2.05, 4.69) is 0 Å². The maximum absolute atomic E-state index is 11.8. The van der Waals surface area contributed by atoms with E-state index in [1.54, 1.807) is 20.9 Å². The Hall–Kier alpha value is -0.170. The summed E-state index contributed by atoms with van der Waals surface area (Å²) in [6.45, 7) is 11.5. The van der Waals surface area contributed by atoms with Crippen molar-refractivity contribution in [2.45, 2.75) is 65.7 Å². The third kappa shape index (κ3) is 7.02. The van der Waals surface area contributed by atoms with Gasteiger partial charge in [-0.2, -0.15) is 4.31 Å². The SMILES string of the molecule is CC(C)OCC(N(C)S(C)(=O)=O)C(C)(C)CC(C)(C)O. The van der Waals surface area contributed by atoms with Gasteiger partial charge in [0.25, 0.3) is 0 Å². The van der Waals surface area contributed by atoms with Gasteiger partial charge >= 0.3 is 0 Å². The minimum atomic E-state index is -3.32. The van der Waals surface area contributed by atoms with E-state index >= 15 is 0 Å². The van der Waals surface area contributed by atoms with E-state index in [0.717, 1.165) is 0 Å². The highest BCUT2D eigenvalue weighted by Crippen LogP contribution is 2.35. The summed E-state index contributed by atoms with van der Waals surface area (Å²) in [4.78, 5) is 0. The zero-order valence-electron chi connectivity index (χ0n) is 14.1. The molecule has 0 rings (SSSR count). The van der Waals surface area contributed by atoms with Crippen LogP contribution < -0.4 is 0 Å². The summed E-state index contributed by atoms with van der Waals surface area (Å²) in [5.41, 5.74) is -1.27. The molecule has 0 spiro atoms. The van der Waals surface area contributed by atoms with Gasteiger partial charge in [-0.05, 0) is 39.5 Å². The highest BCUT2D eigenvalue weighted by molar-refractivity contribution is 7.88. The predicted octanol–water partition coefficient (Wildman–Crippen LogP) is 1.86. The van der Waals surface area contributed by atoms with Gasteiger partial charge in [0.1, 0.15) is 0 Å². The van der Waals surface area contributed by atoms with Crippen molar-refractivity contribution in [1.29, 1.82) is 0 Å². The van der Waals surface area contributed by atoms with Crippen molar-refractivity contribution >= 4 is 10.0 Å². The second-order valence-corrected chi connectivity index (χ2v) is 9.20. The first-order valence-electron chi connectivity index (χ1n) is 6.94. The second kappa shape index (κ2) is 6.73. The molecule has 1 N–H and O–H groups in total. The second-order valence-electron chi connectivity index (χ2n) is 7.15. The lowest BCUT2D eigenvalue weighted by atomic mass is 9.76. The summed E-state index contributed by atoms with van der Waals surface area (Å²) in [7, 11) is -1.75. The molecule has 0 aromatic heterocycles. The van der Waals surface area contributed by atoms with Crippen LogP contribution in [0.1, 0.15) is 48.0 Å². The summed E-state index contributed by atoms with van der Waals surface area (Å²) in [6.07, 6.45) is 1.70. The minimum Gasteiger partial charge on any atom is -0.390 e. The highest BCUT2D eigenvalue weighted by atomic mass is 32.2. The fourth-order valence-corrected chi connectivity index (χ4v) is 3.38. The molecule has 0 aliphatic rings. The molecular formula is C14H31NO4S. The van der Waals surface area contributed by atoms with Gasteiger partial charge < -0.3 is 9.84 Å². The average Bonchev–Trinajstić information content (AvgIpc) is 2.10. The minimum absolute atomic E-state index is 0.0309. The molecule has 0 radical (unpaired) electrons. The molecular weight excluding hydrogens is 278 g/mol. The van der Waals surface area contributed by atoms with Crippen LogP contribution in [0.25, 0.3) is 0 Å². The van der Waals surface area contributed by atoms with Gasteiger partial charge in [-0.3, -0.25) is 0 Å². The van der Waals surface area contributed by atoms with Crippen LogP contribution >= 0.6 is 0 Å². The number of hydrogen-bond donors (Lipinski definition) is 1. The number of aliphatic hydroxyl groups is 1. The Kier molecular flexibility index (Phi) is 6.67. The van der Waals surface area contributed by atoms with Gasteiger partial charge in [-0.1, -0.05) is 13.8 Å². The molecule has 0 fully saturated rings. The van der Waals surface area contributed by atoms with Gasteiger partial charge in [0.05, 0.1) is 30.6 Å². The van der Waals surface area contributed by atoms with Gasteiger partial charge in [-0.25, -0.2) is 8.42 Å². The molecule has 0 saturated heterocycles. The third-order valence-electron chi connectivity index (χ3n) is 3.34. The van der Waals surface area contributed by atoms with Crippen molar-refractivity contribution in [3.8, 4) is 0 Å². The number of nitrogens with zero attached hydrogens (tertiary/aromatic N) is 1. The Bertz CT molecular complexity index is 396. The fraction of sp³-hybridized carbons (Fsp3) is 1.00. The third-order valence-corrected chi connectivity index (χ3v) is 4.64. The number of likely N-dealkylation sites (N-methyl/N-ethyl adjacent to an activating group) is 1. The van der Waals surface area contributed by atoms with Crippen LogP contribution in [-0.4, -0.2) is 55.5 Å². The summed E-state index contributed by atoms with van der Waals surface area (Å²) in [6, 6.07) is -0.327. The van der Waals surface area contributed by atoms with E-state index in [4.69, 9.17) is 4.74 Å². The maximum Gasteiger partial charge on any atom is 0.211 e. The fourth-order valence-electron chi connectivity index (χ4n) is 2.57. The van der Waals surface area contributed by atoms with Crippen molar-refractivity contribution < 1.29 is 18.3 Å². The van der Waals surface area contributed by atoms with Crippen molar-refractivity contribution in [3.05, 3.63) is 0 Å². The Morgan fingerprint density at radius 1 is 1.20 bits per heavy atom. The van der Waals surface area contributed by atoms with Crippen molar-refractivity contribution in [2.24, 2.45) is 5.41 Å². The van der Waals surface area contributed by atoms with E-state index in [9.17, 15) is 13.5 Å². The number of rotatable bonds is 8. The molecule has 122 valence electrons. The van der Waals surface area contributed by atoms with E-state index in [1.165, 1.54) is 10.6 Å². The molecule has 5 nitrogen and oxygen atoms in total. The smallest absolute Gasteiger partial charge is 0.211 e. The van der Waals surface area contributed by atoms with Crippen LogP contribution in [0.5, 0.6) is 0 Å². The zero-order valence-corrected chi connectivity index (χ0v) is 14.9. The van der Waals surface area contributed by atoms with Crippen LogP contribution in [0.4, 0.5) is 0 Å². The first kappa shape index (κ1) is 19.8. The van der Waals surface area contributed by atoms with E-state index < -0.39 is 21.0 Å². The lowest BCUT2D eigenvalue weighted by Gasteiger charge is -2.42. The van der Waals surface area contributed by atoms with Gasteiger partial charge in [-0.15, -0.1) is 0 Å². The van der Waals surface area contributed by atoms with E-state index in [-0.39, 0.29) is 12.1 Å². The molecule has 20 heavy (non-hydrogen) atoms. The van der Waals surface area contributed by atoms with Gasteiger partial charge in [0.15, 0.2) is 0 Å². The Morgan fingerprint density at radius 3 is 1.95 bits per heavy atom. The molecule has 0 heterocycles. The standard InChI is InChI=1S/C14H31NO4S/c1-11(2)19-9-12(15(7)20(8,17)18)13(3,4)10-14(5,6)16/h11-12,16H,9-10H2,1-8H3. The quantitative estimate of drug-likeness (QED) is 0.743. The van der Waals surface area contributed by atoms with E-state index in [1.807, 2.05) is 27.7 Å². The first-order chi connectivity index (χ1) is 8.67. The number of sulfonamides is 1. The normalized spacial score (nSPS) is 15.9. The lowest BCUT2D eigenvalue weighted by molar-refractivity contribution is -0.0270. The predicted molar refractivity (Wildman–Crippen MR) is 82.2 cm³/mol. The van der Waals surface area contributed by atoms with Crippen LogP contribution in [0, 0.1) is 5.41 Å². The molecule has 0 saturated carbocycles. The monoisotopic (exact) mass is 309 g/mol. The molecule has 0 aliphatic carbocycles.